The summed E-state index contributed by atoms with van der Waals surface area (Å²) < 4.78 is 11.4. The minimum atomic E-state index is -0.206. The largest absolute Gasteiger partial charge is 0.486 e. The first-order valence-electron chi connectivity index (χ1n) is 7.21. The van der Waals surface area contributed by atoms with Crippen molar-refractivity contribution in [3.8, 4) is 11.5 Å². The topological polar surface area (TPSA) is 47.6 Å². The van der Waals surface area contributed by atoms with Crippen LogP contribution < -0.4 is 14.8 Å². The summed E-state index contributed by atoms with van der Waals surface area (Å²) in [6, 6.07) is 12.6. The Morgan fingerprint density at radius 2 is 1.91 bits per heavy atom. The van der Waals surface area contributed by atoms with Crippen LogP contribution in [0, 0.1) is 0 Å². The lowest BCUT2D eigenvalue weighted by Gasteiger charge is -2.26. The Labute approximate surface area is 144 Å². The molecule has 0 fully saturated rings. The summed E-state index contributed by atoms with van der Waals surface area (Å²) in [5.41, 5.74) is 0.808. The van der Waals surface area contributed by atoms with E-state index < -0.39 is 0 Å². The van der Waals surface area contributed by atoms with Crippen LogP contribution in [-0.4, -0.2) is 25.2 Å². The molecule has 1 heterocycles. The van der Waals surface area contributed by atoms with Crippen LogP contribution in [0.1, 0.15) is 5.56 Å². The number of para-hydroxylation sites is 2. The molecule has 2 aromatic carbocycles. The van der Waals surface area contributed by atoms with Crippen LogP contribution in [0.15, 0.2) is 42.5 Å². The van der Waals surface area contributed by atoms with Gasteiger partial charge in [-0.2, -0.15) is 0 Å². The lowest BCUT2D eigenvalue weighted by atomic mass is 10.1. The molecule has 0 radical (unpaired) electrons. The molecule has 0 aromatic heterocycles. The van der Waals surface area contributed by atoms with Crippen molar-refractivity contribution in [2.24, 2.45) is 0 Å². The van der Waals surface area contributed by atoms with Gasteiger partial charge in [0, 0.05) is 0 Å². The highest BCUT2D eigenvalue weighted by atomic mass is 35.5. The summed E-state index contributed by atoms with van der Waals surface area (Å²) in [6.07, 6.45) is 0.0313. The van der Waals surface area contributed by atoms with Crippen LogP contribution in [0.2, 0.25) is 10.0 Å². The molecule has 1 atom stereocenters. The van der Waals surface area contributed by atoms with Gasteiger partial charge in [0.25, 0.3) is 0 Å². The zero-order valence-electron chi connectivity index (χ0n) is 12.2. The molecule has 0 spiro atoms. The summed E-state index contributed by atoms with van der Waals surface area (Å²) >= 11 is 11.8. The van der Waals surface area contributed by atoms with E-state index in [1.807, 2.05) is 24.3 Å². The Hall–Kier alpha value is -1.91. The number of ether oxygens (including phenoxy) is 2. The van der Waals surface area contributed by atoms with Gasteiger partial charge in [-0.05, 0) is 29.8 Å². The minimum absolute atomic E-state index is 0.106. The van der Waals surface area contributed by atoms with Crippen LogP contribution in [-0.2, 0) is 11.2 Å². The van der Waals surface area contributed by atoms with Gasteiger partial charge in [0.05, 0.1) is 23.0 Å². The van der Waals surface area contributed by atoms with Gasteiger partial charge in [0.15, 0.2) is 11.5 Å². The van der Waals surface area contributed by atoms with E-state index in [1.54, 1.807) is 18.2 Å². The maximum absolute atomic E-state index is 12.0. The van der Waals surface area contributed by atoms with E-state index in [-0.39, 0.29) is 18.4 Å². The number of fused-ring (bicyclic) bond motifs is 1. The van der Waals surface area contributed by atoms with Gasteiger partial charge < -0.3 is 14.8 Å². The van der Waals surface area contributed by atoms with Crippen molar-refractivity contribution in [1.82, 2.24) is 5.32 Å². The van der Waals surface area contributed by atoms with Crippen molar-refractivity contribution in [2.75, 3.05) is 13.2 Å². The van der Waals surface area contributed by atoms with Gasteiger partial charge in [-0.1, -0.05) is 41.4 Å². The fourth-order valence-electron chi connectivity index (χ4n) is 2.29. The molecule has 6 heteroatoms. The van der Waals surface area contributed by atoms with Gasteiger partial charge in [-0.3, -0.25) is 4.79 Å². The van der Waals surface area contributed by atoms with Gasteiger partial charge >= 0.3 is 0 Å². The fourth-order valence-corrected chi connectivity index (χ4v) is 2.61. The van der Waals surface area contributed by atoms with E-state index >= 15 is 0 Å². The number of hydrogen-bond donors (Lipinski definition) is 1. The molecule has 3 rings (SSSR count). The van der Waals surface area contributed by atoms with Crippen LogP contribution >= 0.6 is 23.2 Å². The third-order valence-corrected chi connectivity index (χ3v) is 4.18. The van der Waals surface area contributed by atoms with Crippen LogP contribution in [0.3, 0.4) is 0 Å². The standard InChI is InChI=1S/C17H15Cl2NO3/c18-13-6-5-11(7-14(13)19)8-17(21)20-9-12-10-22-15-3-1-2-4-16(15)23-12/h1-7,12H,8-10H2,(H,20,21)/t12-/m0/s1. The number of hydrogen-bond acceptors (Lipinski definition) is 3. The molecular weight excluding hydrogens is 337 g/mol. The maximum atomic E-state index is 12.0. The third kappa shape index (κ3) is 4.09. The van der Waals surface area contributed by atoms with E-state index in [4.69, 9.17) is 32.7 Å². The van der Waals surface area contributed by atoms with Crippen molar-refractivity contribution in [1.29, 1.82) is 0 Å². The van der Waals surface area contributed by atoms with Crippen molar-refractivity contribution < 1.29 is 14.3 Å². The van der Waals surface area contributed by atoms with Crippen molar-refractivity contribution >= 4 is 29.1 Å². The first-order valence-corrected chi connectivity index (χ1v) is 7.96. The van der Waals surface area contributed by atoms with E-state index in [9.17, 15) is 4.79 Å². The molecule has 0 unspecified atom stereocenters. The molecular formula is C17H15Cl2NO3. The number of nitrogens with one attached hydrogen (secondary N) is 1. The smallest absolute Gasteiger partial charge is 0.224 e. The highest BCUT2D eigenvalue weighted by molar-refractivity contribution is 6.42. The predicted octanol–water partition coefficient (Wildman–Crippen LogP) is 3.49. The predicted molar refractivity (Wildman–Crippen MR) is 89.5 cm³/mol. The molecule has 1 aliphatic rings. The molecule has 1 aliphatic heterocycles. The van der Waals surface area contributed by atoms with Crippen molar-refractivity contribution in [3.63, 3.8) is 0 Å². The molecule has 4 nitrogen and oxygen atoms in total. The van der Waals surface area contributed by atoms with E-state index in [0.717, 1.165) is 11.3 Å². The highest BCUT2D eigenvalue weighted by Gasteiger charge is 2.21. The summed E-state index contributed by atoms with van der Waals surface area (Å²) in [5.74, 6) is 1.32. The fraction of sp³-hybridized carbons (Fsp3) is 0.235. The number of rotatable bonds is 4. The molecule has 0 saturated carbocycles. The van der Waals surface area contributed by atoms with Crippen LogP contribution in [0.25, 0.3) is 0 Å². The molecule has 0 saturated heterocycles. The first-order chi connectivity index (χ1) is 11.1. The Bertz CT molecular complexity index is 721. The van der Waals surface area contributed by atoms with Crippen LogP contribution in [0.4, 0.5) is 0 Å². The Balaban J connectivity index is 1.51. The zero-order valence-corrected chi connectivity index (χ0v) is 13.7. The minimum Gasteiger partial charge on any atom is -0.486 e. The maximum Gasteiger partial charge on any atom is 0.224 e. The summed E-state index contributed by atoms with van der Waals surface area (Å²) in [7, 11) is 0. The van der Waals surface area contributed by atoms with Crippen LogP contribution in [0.5, 0.6) is 11.5 Å². The molecule has 1 N–H and O–H groups in total. The van der Waals surface area contributed by atoms with Gasteiger partial charge in [-0.25, -0.2) is 0 Å². The monoisotopic (exact) mass is 351 g/mol. The second-order valence-corrected chi connectivity index (χ2v) is 6.04. The molecule has 120 valence electrons. The summed E-state index contributed by atoms with van der Waals surface area (Å²) in [4.78, 5) is 12.0. The average Bonchev–Trinajstić information content (AvgIpc) is 2.56. The normalized spacial score (nSPS) is 16.0. The van der Waals surface area contributed by atoms with Gasteiger partial charge in [-0.15, -0.1) is 0 Å². The molecule has 0 bridgehead atoms. The summed E-state index contributed by atoms with van der Waals surface area (Å²) in [6.45, 7) is 0.790. The van der Waals surface area contributed by atoms with Gasteiger partial charge in [0.2, 0.25) is 5.91 Å². The third-order valence-electron chi connectivity index (χ3n) is 3.44. The second-order valence-electron chi connectivity index (χ2n) is 5.23. The SMILES string of the molecule is O=C(Cc1ccc(Cl)c(Cl)c1)NC[C@H]1COc2ccccc2O1. The lowest BCUT2D eigenvalue weighted by Crippen LogP contribution is -2.41. The highest BCUT2D eigenvalue weighted by Crippen LogP contribution is 2.30. The Kier molecular flexibility index (Phi) is 4.94. The molecule has 1 amide bonds. The number of carbonyl (C=O) groups is 1. The van der Waals surface area contributed by atoms with E-state index in [0.29, 0.717) is 28.9 Å². The Morgan fingerprint density at radius 3 is 2.70 bits per heavy atom. The number of carbonyl (C=O) groups excluding carboxylic acids is 1. The van der Waals surface area contributed by atoms with Crippen molar-refractivity contribution in [3.05, 3.63) is 58.1 Å². The van der Waals surface area contributed by atoms with Crippen molar-refractivity contribution in [2.45, 2.75) is 12.5 Å². The van der Waals surface area contributed by atoms with E-state index in [2.05, 4.69) is 5.32 Å². The first kappa shape index (κ1) is 16.0. The number of benzene rings is 2. The quantitative estimate of drug-likeness (QED) is 0.916. The Morgan fingerprint density at radius 1 is 1.13 bits per heavy atom. The molecule has 23 heavy (non-hydrogen) atoms. The second kappa shape index (κ2) is 7.11. The van der Waals surface area contributed by atoms with Gasteiger partial charge in [0.1, 0.15) is 12.7 Å². The average molecular weight is 352 g/mol. The van der Waals surface area contributed by atoms with E-state index in [1.165, 1.54) is 0 Å². The molecule has 0 aliphatic carbocycles. The lowest BCUT2D eigenvalue weighted by molar-refractivity contribution is -0.120. The molecule has 2 aromatic rings. The number of halogens is 2. The zero-order chi connectivity index (χ0) is 16.2. The summed E-state index contributed by atoms with van der Waals surface area (Å²) in [5, 5.41) is 3.76. The number of amides is 1.